The summed E-state index contributed by atoms with van der Waals surface area (Å²) in [5, 5.41) is 0. The van der Waals surface area contributed by atoms with Gasteiger partial charge in [-0.3, -0.25) is 4.79 Å². The van der Waals surface area contributed by atoms with Gasteiger partial charge >= 0.3 is 5.97 Å². The molecule has 0 radical (unpaired) electrons. The monoisotopic (exact) mass is 454 g/mol. The molecule has 0 aromatic rings. The third-order valence-electron chi connectivity index (χ3n) is 11.1. The predicted octanol–water partition coefficient (Wildman–Crippen LogP) is 8.37. The van der Waals surface area contributed by atoms with E-state index in [2.05, 4.69) is 59.8 Å². The van der Waals surface area contributed by atoms with Crippen LogP contribution in [0.25, 0.3) is 0 Å². The number of hydrogen-bond acceptors (Lipinski definition) is 2. The summed E-state index contributed by atoms with van der Waals surface area (Å²) in [6, 6.07) is 0. The van der Waals surface area contributed by atoms with E-state index >= 15 is 0 Å². The van der Waals surface area contributed by atoms with Gasteiger partial charge in [0.25, 0.3) is 0 Å². The molecule has 3 fully saturated rings. The average molecular weight is 455 g/mol. The molecule has 0 spiro atoms. The summed E-state index contributed by atoms with van der Waals surface area (Å²) >= 11 is 0. The summed E-state index contributed by atoms with van der Waals surface area (Å²) in [5.74, 6) is 5.41. The first-order chi connectivity index (χ1) is 15.6. The fourth-order valence-electron chi connectivity index (χ4n) is 9.15. The minimum absolute atomic E-state index is 0.105. The molecule has 4 rings (SSSR count). The summed E-state index contributed by atoms with van der Waals surface area (Å²) in [7, 11) is 0. The highest BCUT2D eigenvalue weighted by Crippen LogP contribution is 2.67. The number of carbonyl (C=O) groups is 1. The van der Waals surface area contributed by atoms with Crippen molar-refractivity contribution in [3.63, 3.8) is 0 Å². The van der Waals surface area contributed by atoms with Crippen LogP contribution in [0.1, 0.15) is 106 Å². The molecule has 0 heterocycles. The van der Waals surface area contributed by atoms with Crippen molar-refractivity contribution in [2.24, 2.45) is 52.3 Å². The van der Waals surface area contributed by atoms with E-state index in [1.807, 2.05) is 0 Å². The van der Waals surface area contributed by atoms with Crippen molar-refractivity contribution in [1.82, 2.24) is 0 Å². The lowest BCUT2D eigenvalue weighted by atomic mass is 9.47. The molecule has 0 N–H and O–H groups in total. The molecule has 4 aliphatic rings. The molecule has 2 nitrogen and oxygen atoms in total. The Morgan fingerprint density at radius 3 is 2.52 bits per heavy atom. The highest BCUT2D eigenvalue weighted by atomic mass is 16.5. The average Bonchev–Trinajstić information content (AvgIpc) is 3.11. The standard InChI is InChI=1S/C31H50O2/c1-8-23(20(2)3)10-9-21(4)27-13-14-28-26-12-11-24-19-25(33-22(5)32)15-17-30(24,6)29(26)16-18-31(27,28)7/h9-11,20-21,23,25-29H,8,12-19H2,1-7H3/b10-9+/t21-,23-,25+,26+,27+,28+,29+,30+,31+/m0/s1. The number of esters is 1. The van der Waals surface area contributed by atoms with E-state index in [-0.39, 0.29) is 12.1 Å². The fourth-order valence-corrected chi connectivity index (χ4v) is 9.15. The molecule has 9 atom stereocenters. The lowest BCUT2D eigenvalue weighted by Gasteiger charge is -2.58. The smallest absolute Gasteiger partial charge is 0.302 e. The molecule has 33 heavy (non-hydrogen) atoms. The highest BCUT2D eigenvalue weighted by molar-refractivity contribution is 5.66. The van der Waals surface area contributed by atoms with Crippen LogP contribution in [-0.4, -0.2) is 12.1 Å². The van der Waals surface area contributed by atoms with E-state index in [0.29, 0.717) is 16.7 Å². The summed E-state index contributed by atoms with van der Waals surface area (Å²) in [4.78, 5) is 11.5. The van der Waals surface area contributed by atoms with Gasteiger partial charge in [-0.25, -0.2) is 0 Å². The van der Waals surface area contributed by atoms with Crippen LogP contribution in [0.2, 0.25) is 0 Å². The minimum atomic E-state index is -0.120. The molecule has 0 aliphatic heterocycles. The van der Waals surface area contributed by atoms with E-state index in [0.717, 1.165) is 48.3 Å². The van der Waals surface area contributed by atoms with Crippen molar-refractivity contribution >= 4 is 5.97 Å². The van der Waals surface area contributed by atoms with Crippen molar-refractivity contribution < 1.29 is 9.53 Å². The van der Waals surface area contributed by atoms with Crippen LogP contribution >= 0.6 is 0 Å². The normalized spacial score (nSPS) is 42.3. The lowest BCUT2D eigenvalue weighted by Crippen LogP contribution is -2.51. The van der Waals surface area contributed by atoms with Crippen LogP contribution < -0.4 is 0 Å². The molecule has 0 aromatic heterocycles. The highest BCUT2D eigenvalue weighted by Gasteiger charge is 2.59. The Morgan fingerprint density at radius 1 is 1.09 bits per heavy atom. The third kappa shape index (κ3) is 4.50. The molecule has 0 unspecified atom stereocenters. The van der Waals surface area contributed by atoms with Crippen molar-refractivity contribution in [3.05, 3.63) is 23.8 Å². The van der Waals surface area contributed by atoms with Crippen molar-refractivity contribution in [3.8, 4) is 0 Å². The van der Waals surface area contributed by atoms with E-state index < -0.39 is 0 Å². The first kappa shape index (κ1) is 25.1. The quantitative estimate of drug-likeness (QED) is 0.297. The number of ether oxygens (including phenoxy) is 1. The van der Waals surface area contributed by atoms with Gasteiger partial charge in [0, 0.05) is 13.3 Å². The molecule has 0 amide bonds. The second kappa shape index (κ2) is 9.54. The first-order valence-electron chi connectivity index (χ1n) is 14.1. The van der Waals surface area contributed by atoms with E-state index in [4.69, 9.17) is 4.74 Å². The van der Waals surface area contributed by atoms with Gasteiger partial charge in [-0.05, 0) is 104 Å². The third-order valence-corrected chi connectivity index (χ3v) is 11.1. The fraction of sp³-hybridized carbons (Fsp3) is 0.839. The maximum absolute atomic E-state index is 11.5. The van der Waals surface area contributed by atoms with Crippen LogP contribution in [0.3, 0.4) is 0 Å². The van der Waals surface area contributed by atoms with Gasteiger partial charge in [-0.1, -0.05) is 65.3 Å². The maximum atomic E-state index is 11.5. The van der Waals surface area contributed by atoms with E-state index in [9.17, 15) is 4.79 Å². The number of fused-ring (bicyclic) bond motifs is 5. The number of carbonyl (C=O) groups excluding carboxylic acids is 1. The molecular formula is C31H50O2. The molecule has 0 bridgehead atoms. The molecule has 2 heteroatoms. The number of allylic oxidation sites excluding steroid dienone is 3. The molecule has 0 aromatic carbocycles. The largest absolute Gasteiger partial charge is 0.462 e. The van der Waals surface area contributed by atoms with Gasteiger partial charge in [0.1, 0.15) is 6.10 Å². The molecule has 3 saturated carbocycles. The van der Waals surface area contributed by atoms with Crippen LogP contribution in [0.15, 0.2) is 23.8 Å². The minimum Gasteiger partial charge on any atom is -0.462 e. The Balaban J connectivity index is 1.49. The zero-order chi connectivity index (χ0) is 24.0. The first-order valence-corrected chi connectivity index (χ1v) is 14.1. The zero-order valence-electron chi connectivity index (χ0n) is 22.5. The summed E-state index contributed by atoms with van der Waals surface area (Å²) in [5.41, 5.74) is 2.44. The van der Waals surface area contributed by atoms with E-state index in [1.165, 1.54) is 44.9 Å². The summed E-state index contributed by atoms with van der Waals surface area (Å²) < 4.78 is 5.62. The Labute approximate surface area is 204 Å². The maximum Gasteiger partial charge on any atom is 0.302 e. The van der Waals surface area contributed by atoms with Gasteiger partial charge in [0.05, 0.1) is 0 Å². The predicted molar refractivity (Wildman–Crippen MR) is 138 cm³/mol. The van der Waals surface area contributed by atoms with Crippen molar-refractivity contribution in [1.29, 1.82) is 0 Å². The Morgan fingerprint density at radius 2 is 1.85 bits per heavy atom. The van der Waals surface area contributed by atoms with Crippen molar-refractivity contribution in [2.75, 3.05) is 0 Å². The second-order valence-corrected chi connectivity index (χ2v) is 13.0. The topological polar surface area (TPSA) is 26.3 Å². The van der Waals surface area contributed by atoms with Crippen LogP contribution in [0.4, 0.5) is 0 Å². The summed E-state index contributed by atoms with van der Waals surface area (Å²) in [6.07, 6.45) is 19.2. The van der Waals surface area contributed by atoms with Crippen LogP contribution in [0, 0.1) is 52.3 Å². The van der Waals surface area contributed by atoms with Gasteiger partial charge in [-0.15, -0.1) is 0 Å². The van der Waals surface area contributed by atoms with E-state index in [1.54, 1.807) is 12.5 Å². The lowest BCUT2D eigenvalue weighted by molar-refractivity contribution is -0.148. The Kier molecular flexibility index (Phi) is 7.24. The Bertz CT molecular complexity index is 778. The van der Waals surface area contributed by atoms with Crippen LogP contribution in [0.5, 0.6) is 0 Å². The van der Waals surface area contributed by atoms with Gasteiger partial charge < -0.3 is 4.74 Å². The van der Waals surface area contributed by atoms with Gasteiger partial charge in [-0.2, -0.15) is 0 Å². The van der Waals surface area contributed by atoms with Gasteiger partial charge in [0.2, 0.25) is 0 Å². The SMILES string of the molecule is CC[C@@H](/C=C/[C@H](C)[C@H]1CC[C@@H]2[C@H]3CC=C4C[C@H](OC(C)=O)CC[C@@]4(C)[C@@H]3CC[C@@]21C)C(C)C. The molecule has 4 aliphatic carbocycles. The van der Waals surface area contributed by atoms with Crippen LogP contribution in [-0.2, 0) is 9.53 Å². The number of rotatable bonds is 6. The van der Waals surface area contributed by atoms with Gasteiger partial charge in [0.15, 0.2) is 0 Å². The molecular weight excluding hydrogens is 404 g/mol. The molecule has 186 valence electrons. The van der Waals surface area contributed by atoms with Crippen molar-refractivity contribution in [2.45, 2.75) is 112 Å². The Hall–Kier alpha value is -1.05. The number of hydrogen-bond donors (Lipinski definition) is 0. The molecule has 0 saturated heterocycles. The summed E-state index contributed by atoms with van der Waals surface area (Å²) in [6.45, 7) is 16.3. The zero-order valence-corrected chi connectivity index (χ0v) is 22.5. The second-order valence-electron chi connectivity index (χ2n) is 13.0.